The van der Waals surface area contributed by atoms with Crippen LogP contribution in [0, 0.1) is 0 Å². The number of benzene rings is 1. The van der Waals surface area contributed by atoms with E-state index in [2.05, 4.69) is 4.74 Å². The van der Waals surface area contributed by atoms with Crippen molar-refractivity contribution < 1.29 is 19.0 Å². The largest absolute Gasteiger partial charge is 0.469 e. The van der Waals surface area contributed by atoms with Crippen LogP contribution in [0.4, 0.5) is 0 Å². The summed E-state index contributed by atoms with van der Waals surface area (Å²) in [6, 6.07) is 5.06. The van der Waals surface area contributed by atoms with Crippen molar-refractivity contribution in [1.82, 2.24) is 0 Å². The van der Waals surface area contributed by atoms with Gasteiger partial charge in [-0.05, 0) is 12.1 Å². The second-order valence-electron chi connectivity index (χ2n) is 3.06. The van der Waals surface area contributed by atoms with Crippen LogP contribution in [0.3, 0.4) is 0 Å². The molecule has 5 heteroatoms. The third-order valence-corrected chi connectivity index (χ3v) is 2.16. The van der Waals surface area contributed by atoms with Crippen LogP contribution in [0.1, 0.15) is 5.56 Å². The van der Waals surface area contributed by atoms with Gasteiger partial charge in [-0.3, -0.25) is 4.79 Å². The van der Waals surface area contributed by atoms with Gasteiger partial charge >= 0.3 is 5.97 Å². The fraction of sp³-hybridized carbons (Fsp3) is 0.364. The molecule has 0 aliphatic carbocycles. The standard InChI is InChI=1S/C11H13ClO4/c1-14-7-16-10-6-9(12)4-3-8(10)5-11(13)15-2/h3-4,6H,5,7H2,1-2H3. The highest BCUT2D eigenvalue weighted by atomic mass is 35.5. The van der Waals surface area contributed by atoms with Crippen LogP contribution in [0.25, 0.3) is 0 Å². The number of rotatable bonds is 5. The molecule has 0 fully saturated rings. The first-order valence-corrected chi connectivity index (χ1v) is 5.02. The van der Waals surface area contributed by atoms with Gasteiger partial charge in [-0.15, -0.1) is 0 Å². The Morgan fingerprint density at radius 2 is 2.12 bits per heavy atom. The molecule has 1 aromatic carbocycles. The van der Waals surface area contributed by atoms with Crippen LogP contribution < -0.4 is 4.74 Å². The molecule has 0 amide bonds. The lowest BCUT2D eigenvalue weighted by Gasteiger charge is -2.10. The molecule has 16 heavy (non-hydrogen) atoms. The maximum Gasteiger partial charge on any atom is 0.310 e. The van der Waals surface area contributed by atoms with Crippen molar-refractivity contribution in [2.45, 2.75) is 6.42 Å². The first-order valence-electron chi connectivity index (χ1n) is 4.64. The molecular formula is C11H13ClO4. The van der Waals surface area contributed by atoms with E-state index < -0.39 is 0 Å². The predicted octanol–water partition coefficient (Wildman–Crippen LogP) is 2.04. The van der Waals surface area contributed by atoms with E-state index in [-0.39, 0.29) is 19.2 Å². The van der Waals surface area contributed by atoms with E-state index in [1.807, 2.05) is 0 Å². The Balaban J connectivity index is 2.84. The third-order valence-electron chi connectivity index (χ3n) is 1.92. The van der Waals surface area contributed by atoms with Crippen LogP contribution in [-0.2, 0) is 20.7 Å². The van der Waals surface area contributed by atoms with Gasteiger partial charge in [0.25, 0.3) is 0 Å². The summed E-state index contributed by atoms with van der Waals surface area (Å²) in [5.41, 5.74) is 0.716. The minimum Gasteiger partial charge on any atom is -0.469 e. The molecule has 0 unspecified atom stereocenters. The highest BCUT2D eigenvalue weighted by molar-refractivity contribution is 6.30. The molecule has 1 rings (SSSR count). The summed E-state index contributed by atoms with van der Waals surface area (Å²) >= 11 is 5.83. The summed E-state index contributed by atoms with van der Waals surface area (Å²) < 4.78 is 14.7. The number of esters is 1. The average Bonchev–Trinajstić information content (AvgIpc) is 2.29. The lowest BCUT2D eigenvalue weighted by Crippen LogP contribution is -2.07. The van der Waals surface area contributed by atoms with Gasteiger partial charge in [-0.2, -0.15) is 0 Å². The van der Waals surface area contributed by atoms with Crippen molar-refractivity contribution in [2.24, 2.45) is 0 Å². The molecule has 0 N–H and O–H groups in total. The minimum absolute atomic E-state index is 0.106. The molecule has 0 radical (unpaired) electrons. The normalized spacial score (nSPS) is 9.94. The summed E-state index contributed by atoms with van der Waals surface area (Å²) in [7, 11) is 2.86. The number of halogens is 1. The Hall–Kier alpha value is -1.26. The van der Waals surface area contributed by atoms with Crippen molar-refractivity contribution in [1.29, 1.82) is 0 Å². The van der Waals surface area contributed by atoms with Crippen molar-refractivity contribution in [2.75, 3.05) is 21.0 Å². The van der Waals surface area contributed by atoms with Crippen molar-refractivity contribution in [3.63, 3.8) is 0 Å². The zero-order chi connectivity index (χ0) is 12.0. The highest BCUT2D eigenvalue weighted by Crippen LogP contribution is 2.24. The predicted molar refractivity (Wildman–Crippen MR) is 59.7 cm³/mol. The molecule has 0 aromatic heterocycles. The first kappa shape index (κ1) is 12.8. The molecule has 0 spiro atoms. The fourth-order valence-corrected chi connectivity index (χ4v) is 1.32. The fourth-order valence-electron chi connectivity index (χ4n) is 1.16. The minimum atomic E-state index is -0.329. The van der Waals surface area contributed by atoms with Crippen molar-refractivity contribution in [3.8, 4) is 5.75 Å². The quantitative estimate of drug-likeness (QED) is 0.587. The molecule has 0 aliphatic heterocycles. The van der Waals surface area contributed by atoms with Gasteiger partial charge in [0, 0.05) is 17.7 Å². The molecular weight excluding hydrogens is 232 g/mol. The van der Waals surface area contributed by atoms with Gasteiger partial charge in [-0.25, -0.2) is 0 Å². The van der Waals surface area contributed by atoms with Gasteiger partial charge in [0.1, 0.15) is 5.75 Å². The average molecular weight is 245 g/mol. The van der Waals surface area contributed by atoms with E-state index >= 15 is 0 Å². The third kappa shape index (κ3) is 3.72. The molecule has 0 heterocycles. The summed E-state index contributed by atoms with van der Waals surface area (Å²) in [6.45, 7) is 0.106. The van der Waals surface area contributed by atoms with E-state index in [1.54, 1.807) is 18.2 Å². The van der Waals surface area contributed by atoms with Gasteiger partial charge in [0.05, 0.1) is 13.5 Å². The summed E-state index contributed by atoms with van der Waals surface area (Å²) in [4.78, 5) is 11.2. The molecule has 0 bridgehead atoms. The Kier molecular flexibility index (Phi) is 5.08. The number of carbonyl (C=O) groups excluding carboxylic acids is 1. The SMILES string of the molecule is COCOc1cc(Cl)ccc1CC(=O)OC. The van der Waals surface area contributed by atoms with Crippen LogP contribution in [-0.4, -0.2) is 27.0 Å². The van der Waals surface area contributed by atoms with Gasteiger partial charge in [0.15, 0.2) is 6.79 Å². The molecule has 1 aromatic rings. The number of methoxy groups -OCH3 is 2. The monoisotopic (exact) mass is 244 g/mol. The Labute approximate surface area is 99.1 Å². The first-order chi connectivity index (χ1) is 7.67. The van der Waals surface area contributed by atoms with E-state index in [0.717, 1.165) is 0 Å². The van der Waals surface area contributed by atoms with E-state index in [4.69, 9.17) is 21.1 Å². The zero-order valence-corrected chi connectivity index (χ0v) is 9.91. The number of carbonyl (C=O) groups is 1. The van der Waals surface area contributed by atoms with Crippen molar-refractivity contribution >= 4 is 17.6 Å². The van der Waals surface area contributed by atoms with Crippen LogP contribution >= 0.6 is 11.6 Å². The summed E-state index contributed by atoms with van der Waals surface area (Å²) in [6.07, 6.45) is 0.146. The maximum atomic E-state index is 11.2. The van der Waals surface area contributed by atoms with Crippen LogP contribution in [0.15, 0.2) is 18.2 Å². The summed E-state index contributed by atoms with van der Waals surface area (Å²) in [5.74, 6) is 0.198. The van der Waals surface area contributed by atoms with E-state index in [0.29, 0.717) is 16.3 Å². The molecule has 4 nitrogen and oxygen atoms in total. The van der Waals surface area contributed by atoms with Crippen LogP contribution in [0.2, 0.25) is 5.02 Å². The smallest absolute Gasteiger partial charge is 0.310 e. The number of hydrogen-bond acceptors (Lipinski definition) is 4. The van der Waals surface area contributed by atoms with Crippen LogP contribution in [0.5, 0.6) is 5.75 Å². The highest BCUT2D eigenvalue weighted by Gasteiger charge is 2.09. The van der Waals surface area contributed by atoms with Gasteiger partial charge in [0.2, 0.25) is 0 Å². The molecule has 0 saturated heterocycles. The Bertz CT molecular complexity index is 365. The molecule has 0 aliphatic rings. The lowest BCUT2D eigenvalue weighted by atomic mass is 10.1. The van der Waals surface area contributed by atoms with E-state index in [1.165, 1.54) is 14.2 Å². The second-order valence-corrected chi connectivity index (χ2v) is 3.49. The van der Waals surface area contributed by atoms with Gasteiger partial charge < -0.3 is 14.2 Å². The van der Waals surface area contributed by atoms with E-state index in [9.17, 15) is 4.79 Å². The number of hydrogen-bond donors (Lipinski definition) is 0. The molecule has 0 saturated carbocycles. The maximum absolute atomic E-state index is 11.2. The zero-order valence-electron chi connectivity index (χ0n) is 9.16. The van der Waals surface area contributed by atoms with Gasteiger partial charge in [-0.1, -0.05) is 17.7 Å². The number of ether oxygens (including phenoxy) is 3. The summed E-state index contributed by atoms with van der Waals surface area (Å²) in [5, 5.41) is 0.541. The topological polar surface area (TPSA) is 44.8 Å². The Morgan fingerprint density at radius 3 is 2.75 bits per heavy atom. The van der Waals surface area contributed by atoms with Crippen molar-refractivity contribution in [3.05, 3.63) is 28.8 Å². The Morgan fingerprint density at radius 1 is 1.38 bits per heavy atom. The lowest BCUT2D eigenvalue weighted by molar-refractivity contribution is -0.139. The second kappa shape index (κ2) is 6.35. The molecule has 88 valence electrons. The molecule has 0 atom stereocenters.